The Morgan fingerprint density at radius 1 is 0.833 bits per heavy atom. The Morgan fingerprint density at radius 3 is 2.28 bits per heavy atom. The molecule has 95 valence electrons. The van der Waals surface area contributed by atoms with Gasteiger partial charge in [0.15, 0.2) is 0 Å². The van der Waals surface area contributed by atoms with Gasteiger partial charge in [0.2, 0.25) is 0 Å². The first-order chi connectivity index (χ1) is 7.77. The van der Waals surface area contributed by atoms with Gasteiger partial charge < -0.3 is 48.0 Å². The number of rotatable bonds is 0. The van der Waals surface area contributed by atoms with E-state index >= 15 is 0 Å². The quantitative estimate of drug-likeness (QED) is 0.178. The molecule has 0 aliphatic carbocycles. The summed E-state index contributed by atoms with van der Waals surface area (Å²) in [5.74, 6) is 0.330. The zero-order chi connectivity index (χ0) is 11.1. The standard InChI is InChI=1S/C14H9O.2HI.Pd/c15-14-9-10-5-1-2-6-11(10)12-7-3-4-8-13(12)14;;;/h1-7,9,15H;2*1H;/q;;;+2/p-2. The van der Waals surface area contributed by atoms with Crippen LogP contribution in [0, 0.1) is 0 Å². The minimum atomic E-state index is 0. The molecule has 3 rings (SSSR count). The summed E-state index contributed by atoms with van der Waals surface area (Å²) < 4.78 is 0.962. The van der Waals surface area contributed by atoms with E-state index in [1.54, 1.807) is 0 Å². The first-order valence-corrected chi connectivity index (χ1v) is 5.81. The maximum atomic E-state index is 10.0. The number of benzene rings is 3. The second-order valence-corrected chi connectivity index (χ2v) is 4.58. The molecule has 3 aromatic carbocycles. The van der Waals surface area contributed by atoms with Gasteiger partial charge in [-0.15, -0.1) is 0 Å². The van der Waals surface area contributed by atoms with E-state index in [-0.39, 0.29) is 48.0 Å². The second-order valence-electron chi connectivity index (χ2n) is 3.75. The summed E-state index contributed by atoms with van der Waals surface area (Å²) >= 11 is 3.18. The normalized spacial score (nSPS) is 9.83. The Balaban J connectivity index is 0.000000810. The molecule has 0 atom stereocenters. The molecule has 4 heteroatoms. The van der Waals surface area contributed by atoms with Crippen LogP contribution in [0.2, 0.25) is 0 Å². The van der Waals surface area contributed by atoms with Crippen molar-refractivity contribution in [3.8, 4) is 5.75 Å². The van der Waals surface area contributed by atoms with E-state index < -0.39 is 0 Å². The van der Waals surface area contributed by atoms with Crippen molar-refractivity contribution in [2.75, 3.05) is 0 Å². The fourth-order valence-electron chi connectivity index (χ4n) is 2.07. The minimum absolute atomic E-state index is 0. The van der Waals surface area contributed by atoms with Gasteiger partial charge in [0.1, 0.15) is 0 Å². The molecule has 0 fully saturated rings. The molecule has 0 unspecified atom stereocenters. The summed E-state index contributed by atoms with van der Waals surface area (Å²) in [6.07, 6.45) is 0. The molecule has 1 N–H and O–H groups in total. The van der Waals surface area contributed by atoms with Gasteiger partial charge in [-0.3, -0.25) is 0 Å². The third-order valence-electron chi connectivity index (χ3n) is 2.79. The van der Waals surface area contributed by atoms with E-state index in [4.69, 9.17) is 0 Å². The number of hydrogen-bond donors (Lipinski definition) is 1. The molecule has 0 amide bonds. The zero-order valence-electron chi connectivity index (χ0n) is 9.14. The summed E-state index contributed by atoms with van der Waals surface area (Å²) in [5.41, 5.74) is 0. The fraction of sp³-hybridized carbons (Fsp3) is 0. The van der Waals surface area contributed by atoms with Crippen molar-refractivity contribution < 1.29 is 72.3 Å². The number of aromatic hydroxyl groups is 1. The number of hydrogen-bond acceptors (Lipinski definition) is 1. The molecular weight excluding hydrogens is 544 g/mol. The monoisotopic (exact) mass is 553 g/mol. The number of halogens is 2. The van der Waals surface area contributed by atoms with Gasteiger partial charge in [0, 0.05) is 0 Å². The predicted octanol–water partition coefficient (Wildman–Crippen LogP) is -3.12. The summed E-state index contributed by atoms with van der Waals surface area (Å²) in [7, 11) is 0. The van der Waals surface area contributed by atoms with Crippen LogP contribution in [-0.2, 0) is 19.2 Å². The van der Waals surface area contributed by atoms with Crippen LogP contribution < -0.4 is 52.0 Å². The van der Waals surface area contributed by atoms with Crippen LogP contribution >= 0.6 is 0 Å². The summed E-state index contributed by atoms with van der Waals surface area (Å²) in [5, 5.41) is 14.2. The largest absolute Gasteiger partial charge is 1.00 e. The van der Waals surface area contributed by atoms with E-state index in [1.165, 1.54) is 5.39 Å². The van der Waals surface area contributed by atoms with Gasteiger partial charge in [-0.05, 0) is 0 Å². The Morgan fingerprint density at radius 2 is 1.50 bits per heavy atom. The molecular formula is C14H9I2OPd. The van der Waals surface area contributed by atoms with Crippen LogP contribution in [0.15, 0.2) is 48.5 Å². The van der Waals surface area contributed by atoms with Crippen LogP contribution in [0.25, 0.3) is 21.5 Å². The Kier molecular flexibility index (Phi) is 5.84. The topological polar surface area (TPSA) is 20.2 Å². The van der Waals surface area contributed by atoms with Crippen LogP contribution in [-0.4, -0.2) is 5.11 Å². The summed E-state index contributed by atoms with van der Waals surface area (Å²) in [4.78, 5) is 0. The first-order valence-electron chi connectivity index (χ1n) is 5.03. The van der Waals surface area contributed by atoms with Crippen molar-refractivity contribution in [3.05, 3.63) is 48.5 Å². The Bertz CT molecular complexity index is 698. The SMILES string of the molecule is Oc1cc2ccccc2c2ccc[c]([Pd+2])c12.[I-].[I-]. The molecule has 18 heavy (non-hydrogen) atoms. The van der Waals surface area contributed by atoms with Crippen molar-refractivity contribution in [1.29, 1.82) is 0 Å². The molecule has 0 aromatic heterocycles. The molecule has 0 saturated heterocycles. The summed E-state index contributed by atoms with van der Waals surface area (Å²) in [6.45, 7) is 0. The van der Waals surface area contributed by atoms with Gasteiger partial charge in [-0.25, -0.2) is 0 Å². The molecule has 1 nitrogen and oxygen atoms in total. The Hall–Kier alpha value is 0.102. The minimum Gasteiger partial charge on any atom is -1.00 e. The van der Waals surface area contributed by atoms with Crippen LogP contribution in [0.1, 0.15) is 0 Å². The Labute approximate surface area is 150 Å². The smallest absolute Gasteiger partial charge is 1.00 e. The van der Waals surface area contributed by atoms with Gasteiger partial charge >= 0.3 is 104 Å². The van der Waals surface area contributed by atoms with E-state index in [0.29, 0.717) is 5.75 Å². The third-order valence-corrected chi connectivity index (χ3v) is 3.43. The second kappa shape index (κ2) is 6.51. The van der Waals surface area contributed by atoms with Crippen molar-refractivity contribution in [1.82, 2.24) is 0 Å². The molecule has 0 saturated carbocycles. The van der Waals surface area contributed by atoms with Crippen molar-refractivity contribution in [2.45, 2.75) is 0 Å². The molecule has 0 bridgehead atoms. The zero-order valence-corrected chi connectivity index (χ0v) is 15.0. The molecule has 0 aliphatic heterocycles. The van der Waals surface area contributed by atoms with E-state index in [0.717, 1.165) is 20.2 Å². The van der Waals surface area contributed by atoms with Crippen LogP contribution in [0.4, 0.5) is 0 Å². The van der Waals surface area contributed by atoms with Crippen molar-refractivity contribution in [2.24, 2.45) is 0 Å². The fourth-order valence-corrected chi connectivity index (χ4v) is 2.63. The molecule has 0 aliphatic rings. The molecule has 0 spiro atoms. The third kappa shape index (κ3) is 2.67. The average Bonchev–Trinajstić information content (AvgIpc) is 2.29. The van der Waals surface area contributed by atoms with Crippen molar-refractivity contribution >= 4 is 25.6 Å². The van der Waals surface area contributed by atoms with Gasteiger partial charge in [-0.1, -0.05) is 0 Å². The molecule has 0 heterocycles. The maximum absolute atomic E-state index is 10.0. The van der Waals surface area contributed by atoms with Gasteiger partial charge in [0.05, 0.1) is 0 Å². The molecule has 0 radical (unpaired) electrons. The average molecular weight is 553 g/mol. The first kappa shape index (κ1) is 16.2. The predicted molar refractivity (Wildman–Crippen MR) is 62.8 cm³/mol. The van der Waals surface area contributed by atoms with Crippen LogP contribution in [0.3, 0.4) is 0 Å². The van der Waals surface area contributed by atoms with Gasteiger partial charge in [-0.2, -0.15) is 0 Å². The van der Waals surface area contributed by atoms with Crippen LogP contribution in [0.5, 0.6) is 5.75 Å². The van der Waals surface area contributed by atoms with E-state index in [2.05, 4.69) is 25.3 Å². The van der Waals surface area contributed by atoms with Gasteiger partial charge in [0.25, 0.3) is 0 Å². The molecule has 3 aromatic rings. The number of phenols is 1. The number of phenolic OH excluding ortho intramolecular Hbond substituents is 1. The van der Waals surface area contributed by atoms with E-state index in [1.807, 2.05) is 42.5 Å². The number of fused-ring (bicyclic) bond motifs is 3. The summed E-state index contributed by atoms with van der Waals surface area (Å²) in [6, 6.07) is 15.9. The van der Waals surface area contributed by atoms with E-state index in [9.17, 15) is 5.11 Å². The maximum Gasteiger partial charge on any atom is -1.00 e. The van der Waals surface area contributed by atoms with Crippen molar-refractivity contribution in [3.63, 3.8) is 0 Å².